The molecule has 0 radical (unpaired) electrons. The predicted octanol–water partition coefficient (Wildman–Crippen LogP) is 5.29. The molecular formula is C33H36N4O4. The molecule has 2 aromatic heterocycles. The van der Waals surface area contributed by atoms with Crippen LogP contribution in [0.1, 0.15) is 29.8 Å². The third kappa shape index (κ3) is 6.90. The van der Waals surface area contributed by atoms with Crippen molar-refractivity contribution in [2.45, 2.75) is 32.5 Å². The summed E-state index contributed by atoms with van der Waals surface area (Å²) in [5.41, 5.74) is 3.27. The Morgan fingerprint density at radius 1 is 1.05 bits per heavy atom. The van der Waals surface area contributed by atoms with E-state index in [-0.39, 0.29) is 30.6 Å². The second kappa shape index (κ2) is 12.9. The molecule has 41 heavy (non-hydrogen) atoms. The maximum Gasteiger partial charge on any atom is 0.259 e. The zero-order valence-electron chi connectivity index (χ0n) is 23.7. The molecule has 0 saturated heterocycles. The van der Waals surface area contributed by atoms with Gasteiger partial charge in [0.1, 0.15) is 23.2 Å². The summed E-state index contributed by atoms with van der Waals surface area (Å²) in [5, 5.41) is 9.95. The number of benzene rings is 2. The molecule has 1 amide bonds. The van der Waals surface area contributed by atoms with Crippen LogP contribution in [-0.4, -0.2) is 69.7 Å². The van der Waals surface area contributed by atoms with Gasteiger partial charge in [-0.3, -0.25) is 14.7 Å². The maximum absolute atomic E-state index is 13.7. The Morgan fingerprint density at radius 2 is 1.76 bits per heavy atom. The third-order valence-electron chi connectivity index (χ3n) is 7.38. The van der Waals surface area contributed by atoms with Crippen LogP contribution >= 0.6 is 0 Å². The van der Waals surface area contributed by atoms with Crippen LogP contribution in [-0.2, 0) is 6.54 Å². The van der Waals surface area contributed by atoms with Gasteiger partial charge < -0.3 is 19.5 Å². The SMILES string of the molecule is C[C@H]1CN([C@@H](C)CO)C(=O)c2cc(-c3ccncc3)cnc2O[C@@H]1CN(C)Cc1ccc(Oc2ccccc2)cc1. The summed E-state index contributed by atoms with van der Waals surface area (Å²) in [6.07, 6.45) is 4.93. The van der Waals surface area contributed by atoms with Crippen molar-refractivity contribution in [1.29, 1.82) is 0 Å². The highest BCUT2D eigenvalue weighted by molar-refractivity contribution is 5.98. The number of pyridine rings is 2. The molecule has 0 saturated carbocycles. The maximum atomic E-state index is 13.7. The molecule has 0 spiro atoms. The molecule has 2 aromatic carbocycles. The van der Waals surface area contributed by atoms with Gasteiger partial charge in [0, 0.05) is 49.7 Å². The van der Waals surface area contributed by atoms with Gasteiger partial charge in [0.25, 0.3) is 5.91 Å². The number of carbonyl (C=O) groups is 1. The lowest BCUT2D eigenvalue weighted by Gasteiger charge is -2.37. The van der Waals surface area contributed by atoms with Crippen molar-refractivity contribution in [2.75, 3.05) is 26.7 Å². The van der Waals surface area contributed by atoms with Crippen molar-refractivity contribution in [3.63, 3.8) is 0 Å². The summed E-state index contributed by atoms with van der Waals surface area (Å²) in [5.74, 6) is 1.72. The number of hydrogen-bond acceptors (Lipinski definition) is 7. The van der Waals surface area contributed by atoms with Crippen molar-refractivity contribution in [3.8, 4) is 28.5 Å². The van der Waals surface area contributed by atoms with Crippen LogP contribution in [0.25, 0.3) is 11.1 Å². The van der Waals surface area contributed by atoms with E-state index in [1.54, 1.807) is 23.5 Å². The standard InChI is InChI=1S/C33H36N4O4/c1-23-19-37(24(2)22-38)33(39)30-17-27(26-13-15-34-16-14-26)18-35-32(30)41-31(23)21-36(3)20-25-9-11-29(12-10-25)40-28-7-5-4-6-8-28/h4-18,23-24,31,38H,19-22H2,1-3H3/t23-,24-,31+/m0/s1. The van der Waals surface area contributed by atoms with Crippen molar-refractivity contribution < 1.29 is 19.4 Å². The Labute approximate surface area is 241 Å². The number of hydrogen-bond donors (Lipinski definition) is 1. The first-order valence-corrected chi connectivity index (χ1v) is 13.9. The van der Waals surface area contributed by atoms with Gasteiger partial charge in [-0.05, 0) is 67.6 Å². The first-order chi connectivity index (χ1) is 19.9. The lowest BCUT2D eigenvalue weighted by atomic mass is 9.99. The second-order valence-electron chi connectivity index (χ2n) is 10.7. The number of ether oxygens (including phenoxy) is 2. The fraction of sp³-hybridized carbons (Fsp3) is 0.303. The van der Waals surface area contributed by atoms with Crippen LogP contribution in [0.15, 0.2) is 91.4 Å². The molecule has 8 heteroatoms. The highest BCUT2D eigenvalue weighted by Gasteiger charge is 2.34. The van der Waals surface area contributed by atoms with Gasteiger partial charge in [0.05, 0.1) is 12.6 Å². The molecule has 1 N–H and O–H groups in total. The number of aliphatic hydroxyl groups is 1. The minimum atomic E-state index is -0.338. The first kappa shape index (κ1) is 28.3. The Balaban J connectivity index is 1.33. The quantitative estimate of drug-likeness (QED) is 0.302. The number of para-hydroxylation sites is 1. The summed E-state index contributed by atoms with van der Waals surface area (Å²) in [6, 6.07) is 23.1. The molecular weight excluding hydrogens is 516 g/mol. The molecule has 1 aliphatic rings. The van der Waals surface area contributed by atoms with E-state index >= 15 is 0 Å². The lowest BCUT2D eigenvalue weighted by Crippen LogP contribution is -2.49. The highest BCUT2D eigenvalue weighted by atomic mass is 16.5. The summed E-state index contributed by atoms with van der Waals surface area (Å²) >= 11 is 0. The molecule has 5 rings (SSSR count). The number of rotatable bonds is 9. The van der Waals surface area contributed by atoms with Crippen LogP contribution in [0.5, 0.6) is 17.4 Å². The minimum Gasteiger partial charge on any atom is -0.472 e. The van der Waals surface area contributed by atoms with Gasteiger partial charge >= 0.3 is 0 Å². The molecule has 4 aromatic rings. The van der Waals surface area contributed by atoms with Gasteiger partial charge in [-0.1, -0.05) is 37.3 Å². The zero-order chi connectivity index (χ0) is 28.8. The zero-order valence-corrected chi connectivity index (χ0v) is 23.7. The van der Waals surface area contributed by atoms with Crippen LogP contribution in [0.2, 0.25) is 0 Å². The van der Waals surface area contributed by atoms with Crippen LogP contribution < -0.4 is 9.47 Å². The van der Waals surface area contributed by atoms with Crippen molar-refractivity contribution in [3.05, 3.63) is 103 Å². The average molecular weight is 553 g/mol. The third-order valence-corrected chi connectivity index (χ3v) is 7.38. The number of aliphatic hydroxyl groups excluding tert-OH is 1. The van der Waals surface area contributed by atoms with E-state index in [9.17, 15) is 9.90 Å². The van der Waals surface area contributed by atoms with E-state index in [1.165, 1.54) is 0 Å². The van der Waals surface area contributed by atoms with E-state index in [1.807, 2.05) is 67.6 Å². The first-order valence-electron chi connectivity index (χ1n) is 13.9. The van der Waals surface area contributed by atoms with Crippen molar-refractivity contribution in [1.82, 2.24) is 19.8 Å². The summed E-state index contributed by atoms with van der Waals surface area (Å²) in [7, 11) is 2.06. The van der Waals surface area contributed by atoms with E-state index in [0.29, 0.717) is 24.5 Å². The van der Waals surface area contributed by atoms with Gasteiger partial charge in [0.2, 0.25) is 5.88 Å². The number of carbonyl (C=O) groups excluding carboxylic acids is 1. The predicted molar refractivity (Wildman–Crippen MR) is 158 cm³/mol. The fourth-order valence-corrected chi connectivity index (χ4v) is 4.99. The molecule has 0 aliphatic carbocycles. The topological polar surface area (TPSA) is 88.0 Å². The Hall–Kier alpha value is -4.27. The molecule has 3 atom stereocenters. The van der Waals surface area contributed by atoms with E-state index < -0.39 is 0 Å². The lowest BCUT2D eigenvalue weighted by molar-refractivity contribution is 0.0325. The average Bonchev–Trinajstić information content (AvgIpc) is 3.00. The molecule has 0 unspecified atom stereocenters. The van der Waals surface area contributed by atoms with E-state index in [0.717, 1.165) is 34.7 Å². The number of amides is 1. The van der Waals surface area contributed by atoms with E-state index in [4.69, 9.17) is 9.47 Å². The Morgan fingerprint density at radius 3 is 2.46 bits per heavy atom. The van der Waals surface area contributed by atoms with Gasteiger partial charge in [0.15, 0.2) is 0 Å². The number of aromatic nitrogens is 2. The van der Waals surface area contributed by atoms with Gasteiger partial charge in [-0.25, -0.2) is 4.98 Å². The van der Waals surface area contributed by atoms with Crippen molar-refractivity contribution in [2.24, 2.45) is 5.92 Å². The molecule has 3 heterocycles. The molecule has 212 valence electrons. The van der Waals surface area contributed by atoms with Crippen LogP contribution in [0, 0.1) is 5.92 Å². The monoisotopic (exact) mass is 552 g/mol. The largest absolute Gasteiger partial charge is 0.472 e. The number of fused-ring (bicyclic) bond motifs is 1. The summed E-state index contributed by atoms with van der Waals surface area (Å²) in [4.78, 5) is 26.3. The molecule has 0 fully saturated rings. The molecule has 1 aliphatic heterocycles. The number of nitrogens with zero attached hydrogens (tertiary/aromatic N) is 4. The van der Waals surface area contributed by atoms with E-state index in [2.05, 4.69) is 41.0 Å². The van der Waals surface area contributed by atoms with Crippen LogP contribution in [0.3, 0.4) is 0 Å². The number of likely N-dealkylation sites (N-methyl/N-ethyl adjacent to an activating group) is 1. The minimum absolute atomic E-state index is 0.00636. The Kier molecular flexibility index (Phi) is 8.91. The van der Waals surface area contributed by atoms with Gasteiger partial charge in [-0.15, -0.1) is 0 Å². The smallest absolute Gasteiger partial charge is 0.259 e. The molecule has 8 nitrogen and oxygen atoms in total. The summed E-state index contributed by atoms with van der Waals surface area (Å²) < 4.78 is 12.4. The van der Waals surface area contributed by atoms with Gasteiger partial charge in [-0.2, -0.15) is 0 Å². The van der Waals surface area contributed by atoms with Crippen molar-refractivity contribution >= 4 is 5.91 Å². The Bertz CT molecular complexity index is 1430. The molecule has 0 bridgehead atoms. The second-order valence-corrected chi connectivity index (χ2v) is 10.7. The fourth-order valence-electron chi connectivity index (χ4n) is 4.99. The van der Waals surface area contributed by atoms with Crippen LogP contribution in [0.4, 0.5) is 0 Å². The normalized spacial score (nSPS) is 17.8. The highest BCUT2D eigenvalue weighted by Crippen LogP contribution is 2.30. The summed E-state index contributed by atoms with van der Waals surface area (Å²) in [6.45, 7) is 5.62.